The number of thioether (sulfide) groups is 1. The number of carbonyl (C=O) groups excluding carboxylic acids is 3. The number of amides is 2. The topological polar surface area (TPSA) is 66.5 Å². The van der Waals surface area contributed by atoms with Gasteiger partial charge in [0, 0.05) is 27.6 Å². The van der Waals surface area contributed by atoms with Gasteiger partial charge in [0.2, 0.25) is 5.91 Å². The number of rotatable bonds is 3. The van der Waals surface area contributed by atoms with E-state index in [-0.39, 0.29) is 17.6 Å². The molecule has 2 aromatic carbocycles. The molecule has 2 aliphatic heterocycles. The van der Waals surface area contributed by atoms with Gasteiger partial charge in [-0.25, -0.2) is 0 Å². The molecule has 5 nitrogen and oxygen atoms in total. The normalized spacial score (nSPS) is 20.7. The molecule has 26 heavy (non-hydrogen) atoms. The van der Waals surface area contributed by atoms with E-state index < -0.39 is 4.87 Å². The van der Waals surface area contributed by atoms with Crippen molar-refractivity contribution in [2.75, 3.05) is 10.2 Å². The molecular weight excluding hydrogens is 372 g/mol. The van der Waals surface area contributed by atoms with Crippen LogP contribution in [0.2, 0.25) is 5.02 Å². The molecule has 0 radical (unpaired) electrons. The summed E-state index contributed by atoms with van der Waals surface area (Å²) in [6, 6.07) is 12.0. The van der Waals surface area contributed by atoms with Crippen molar-refractivity contribution in [3.63, 3.8) is 0 Å². The van der Waals surface area contributed by atoms with Crippen LogP contribution in [0.1, 0.15) is 30.1 Å². The first-order valence-corrected chi connectivity index (χ1v) is 9.34. The molecule has 0 unspecified atom stereocenters. The number of fused-ring (bicyclic) bond motifs is 3. The van der Waals surface area contributed by atoms with Gasteiger partial charge in [-0.15, -0.1) is 0 Å². The Morgan fingerprint density at radius 3 is 2.62 bits per heavy atom. The molecule has 0 saturated carbocycles. The van der Waals surface area contributed by atoms with Crippen molar-refractivity contribution in [1.29, 1.82) is 0 Å². The van der Waals surface area contributed by atoms with Crippen LogP contribution in [-0.4, -0.2) is 22.5 Å². The Morgan fingerprint density at radius 2 is 1.92 bits per heavy atom. The van der Waals surface area contributed by atoms with Gasteiger partial charge in [-0.3, -0.25) is 19.3 Å². The maximum absolute atomic E-state index is 13.1. The zero-order valence-electron chi connectivity index (χ0n) is 13.9. The van der Waals surface area contributed by atoms with Crippen LogP contribution < -0.4 is 10.2 Å². The van der Waals surface area contributed by atoms with E-state index in [1.807, 2.05) is 6.07 Å². The van der Waals surface area contributed by atoms with Gasteiger partial charge in [0.25, 0.3) is 5.91 Å². The Kier molecular flexibility index (Phi) is 4.04. The fourth-order valence-electron chi connectivity index (χ4n) is 3.34. The third-order valence-electron chi connectivity index (χ3n) is 4.63. The Labute approximate surface area is 159 Å². The summed E-state index contributed by atoms with van der Waals surface area (Å²) in [6.07, 6.45) is 0.746. The van der Waals surface area contributed by atoms with Gasteiger partial charge in [-0.1, -0.05) is 23.4 Å². The lowest BCUT2D eigenvalue weighted by atomic mass is 10.1. The van der Waals surface area contributed by atoms with Crippen molar-refractivity contribution in [1.82, 2.24) is 0 Å². The number of nitrogens with one attached hydrogen (secondary N) is 1. The molecule has 4 rings (SSSR count). The molecule has 132 valence electrons. The lowest BCUT2D eigenvalue weighted by molar-refractivity contribution is -0.121. The minimum Gasteiger partial charge on any atom is -0.323 e. The molecule has 0 bridgehead atoms. The van der Waals surface area contributed by atoms with E-state index in [1.165, 1.54) is 18.7 Å². The predicted molar refractivity (Wildman–Crippen MR) is 102 cm³/mol. The van der Waals surface area contributed by atoms with E-state index in [0.29, 0.717) is 34.8 Å². The average molecular weight is 387 g/mol. The van der Waals surface area contributed by atoms with Gasteiger partial charge in [-0.2, -0.15) is 0 Å². The molecule has 7 heteroatoms. The second-order valence-electron chi connectivity index (χ2n) is 6.32. The Balaban J connectivity index is 1.65. The lowest BCUT2D eigenvalue weighted by Gasteiger charge is -2.29. The summed E-state index contributed by atoms with van der Waals surface area (Å²) in [5.74, 6) is -0.371. The van der Waals surface area contributed by atoms with Gasteiger partial charge in [0.05, 0.1) is 5.69 Å². The molecule has 1 atom stereocenters. The predicted octanol–water partition coefficient (Wildman–Crippen LogP) is 4.11. The van der Waals surface area contributed by atoms with E-state index in [1.54, 1.807) is 41.3 Å². The summed E-state index contributed by atoms with van der Waals surface area (Å²) in [5.41, 5.74) is 1.85. The van der Waals surface area contributed by atoms with Crippen LogP contribution in [0.15, 0.2) is 47.4 Å². The zero-order valence-corrected chi connectivity index (χ0v) is 15.5. The van der Waals surface area contributed by atoms with Crippen LogP contribution in [-0.2, 0) is 9.59 Å². The first kappa shape index (κ1) is 17.1. The molecule has 1 N–H and O–H groups in total. The molecule has 0 aromatic heterocycles. The number of anilines is 2. The van der Waals surface area contributed by atoms with Crippen molar-refractivity contribution in [2.24, 2.45) is 0 Å². The summed E-state index contributed by atoms with van der Waals surface area (Å²) < 4.78 is 0. The highest BCUT2D eigenvalue weighted by molar-refractivity contribution is 8.02. The van der Waals surface area contributed by atoms with E-state index in [9.17, 15) is 14.4 Å². The van der Waals surface area contributed by atoms with E-state index in [4.69, 9.17) is 11.6 Å². The largest absolute Gasteiger partial charge is 0.323 e. The number of benzene rings is 2. The van der Waals surface area contributed by atoms with Crippen LogP contribution in [0, 0.1) is 0 Å². The van der Waals surface area contributed by atoms with Gasteiger partial charge in [0.15, 0.2) is 10.7 Å². The van der Waals surface area contributed by atoms with Crippen LogP contribution in [0.3, 0.4) is 0 Å². The number of Topliss-reactive ketones (excluding diaryl/α,β-unsaturated/α-hetero) is 1. The highest BCUT2D eigenvalue weighted by atomic mass is 35.5. The fraction of sp³-hybridized carbons (Fsp3) is 0.211. The quantitative estimate of drug-likeness (QED) is 0.806. The van der Waals surface area contributed by atoms with Crippen molar-refractivity contribution in [3.05, 3.63) is 53.1 Å². The average Bonchev–Trinajstić information content (AvgIpc) is 3.11. The Hall–Kier alpha value is -2.31. The van der Waals surface area contributed by atoms with Crippen LogP contribution in [0.5, 0.6) is 0 Å². The SMILES string of the molecule is CC(=O)c1ccc(NC(=O)[C@@]23CCC(=O)N2c2cc(Cl)ccc2S3)cc1. The van der Waals surface area contributed by atoms with Gasteiger partial charge >= 0.3 is 0 Å². The van der Waals surface area contributed by atoms with Gasteiger partial charge in [0.1, 0.15) is 0 Å². The fourth-order valence-corrected chi connectivity index (χ4v) is 4.90. The first-order valence-electron chi connectivity index (χ1n) is 8.15. The molecule has 1 saturated heterocycles. The number of ketones is 1. The third kappa shape index (κ3) is 2.61. The minimum atomic E-state index is -0.997. The Morgan fingerprint density at radius 1 is 1.19 bits per heavy atom. The number of carbonyl (C=O) groups is 3. The summed E-state index contributed by atoms with van der Waals surface area (Å²) >= 11 is 7.46. The van der Waals surface area contributed by atoms with Crippen molar-refractivity contribution in [3.8, 4) is 0 Å². The van der Waals surface area contributed by atoms with Crippen LogP contribution in [0.4, 0.5) is 11.4 Å². The molecule has 1 fully saturated rings. The maximum Gasteiger partial charge on any atom is 0.261 e. The van der Waals surface area contributed by atoms with E-state index in [2.05, 4.69) is 5.32 Å². The van der Waals surface area contributed by atoms with Gasteiger partial charge < -0.3 is 5.32 Å². The van der Waals surface area contributed by atoms with Gasteiger partial charge in [-0.05, 0) is 55.8 Å². The molecule has 0 spiro atoms. The second kappa shape index (κ2) is 6.14. The smallest absolute Gasteiger partial charge is 0.261 e. The van der Waals surface area contributed by atoms with E-state index in [0.717, 1.165) is 4.90 Å². The molecule has 2 amide bonds. The number of hydrogen-bond acceptors (Lipinski definition) is 4. The highest BCUT2D eigenvalue weighted by Gasteiger charge is 2.57. The summed E-state index contributed by atoms with van der Waals surface area (Å²) in [6.45, 7) is 1.49. The van der Waals surface area contributed by atoms with Crippen molar-refractivity contribution >= 4 is 52.3 Å². The van der Waals surface area contributed by atoms with Crippen molar-refractivity contribution in [2.45, 2.75) is 29.5 Å². The zero-order chi connectivity index (χ0) is 18.5. The van der Waals surface area contributed by atoms with E-state index >= 15 is 0 Å². The van der Waals surface area contributed by atoms with Crippen LogP contribution in [0.25, 0.3) is 0 Å². The molecular formula is C19H15ClN2O3S. The first-order chi connectivity index (χ1) is 12.4. The molecule has 2 aromatic rings. The third-order valence-corrected chi connectivity index (χ3v) is 6.34. The van der Waals surface area contributed by atoms with Crippen molar-refractivity contribution < 1.29 is 14.4 Å². The second-order valence-corrected chi connectivity index (χ2v) is 8.07. The molecule has 0 aliphatic carbocycles. The number of nitrogens with zero attached hydrogens (tertiary/aromatic N) is 1. The molecule has 2 aliphatic rings. The monoisotopic (exact) mass is 386 g/mol. The summed E-state index contributed by atoms with van der Waals surface area (Å²) in [4.78, 5) is 38.4. The minimum absolute atomic E-state index is 0.0345. The highest BCUT2D eigenvalue weighted by Crippen LogP contribution is 2.56. The number of halogens is 1. The Bertz CT molecular complexity index is 944. The summed E-state index contributed by atoms with van der Waals surface area (Å²) in [5, 5.41) is 3.41. The summed E-state index contributed by atoms with van der Waals surface area (Å²) in [7, 11) is 0. The molecule has 2 heterocycles. The van der Waals surface area contributed by atoms with Crippen LogP contribution >= 0.6 is 23.4 Å². The lowest BCUT2D eigenvalue weighted by Crippen LogP contribution is -2.49. The maximum atomic E-state index is 13.1. The standard InChI is InChI=1S/C19H15ClN2O3S/c1-11(23)12-2-5-14(6-3-12)21-18(25)19-9-8-17(24)22(19)15-10-13(20)4-7-16(15)26-19/h2-7,10H,8-9H2,1H3,(H,21,25)/t19-/m0/s1. The number of hydrogen-bond donors (Lipinski definition) is 1.